The monoisotopic (exact) mass is 266 g/mol. The van der Waals surface area contributed by atoms with E-state index in [1.807, 2.05) is 25.4 Å². The van der Waals surface area contributed by atoms with E-state index >= 15 is 0 Å². The Balaban J connectivity index is 2.49. The fourth-order valence-corrected chi connectivity index (χ4v) is 2.65. The lowest BCUT2D eigenvalue weighted by atomic mass is 9.86. The molecule has 0 aliphatic heterocycles. The van der Waals surface area contributed by atoms with Crippen LogP contribution in [0.1, 0.15) is 17.9 Å². The number of aromatic nitrogens is 1. The van der Waals surface area contributed by atoms with Gasteiger partial charge in [0, 0.05) is 17.6 Å². The smallest absolute Gasteiger partial charge is 0.0492 e. The molecule has 1 unspecified atom stereocenters. The first-order valence-corrected chi connectivity index (χ1v) is 6.97. The van der Waals surface area contributed by atoms with Gasteiger partial charge < -0.3 is 10.3 Å². The quantitative estimate of drug-likeness (QED) is 0.724. The highest BCUT2D eigenvalue weighted by molar-refractivity contribution is 5.83. The molecule has 1 aromatic carbocycles. The largest absolute Gasteiger partial charge is 0.361 e. The van der Waals surface area contributed by atoms with E-state index in [0.29, 0.717) is 5.92 Å². The standard InChI is InChI=1S/C18H22N2/c1-4-7-14(5-2)16(11-12-19-3)17-9-6-8-15-10-13-20-18(15)17/h4-10,13,16,19-20H,1-2,11-12H2,3H3/b14-7+. The van der Waals surface area contributed by atoms with Crippen LogP contribution in [-0.4, -0.2) is 18.6 Å². The molecule has 2 N–H and O–H groups in total. The van der Waals surface area contributed by atoms with E-state index in [0.717, 1.165) is 13.0 Å². The summed E-state index contributed by atoms with van der Waals surface area (Å²) in [6.45, 7) is 8.73. The molecule has 0 spiro atoms. The molecule has 2 heteroatoms. The minimum Gasteiger partial charge on any atom is -0.361 e. The lowest BCUT2D eigenvalue weighted by Gasteiger charge is -2.19. The molecule has 0 saturated carbocycles. The van der Waals surface area contributed by atoms with E-state index < -0.39 is 0 Å². The summed E-state index contributed by atoms with van der Waals surface area (Å²) in [4.78, 5) is 3.36. The van der Waals surface area contributed by atoms with Gasteiger partial charge in [0.15, 0.2) is 0 Å². The highest BCUT2D eigenvalue weighted by Crippen LogP contribution is 2.33. The van der Waals surface area contributed by atoms with Gasteiger partial charge in [-0.1, -0.05) is 49.6 Å². The van der Waals surface area contributed by atoms with Crippen molar-refractivity contribution >= 4 is 10.9 Å². The van der Waals surface area contributed by atoms with E-state index in [1.165, 1.54) is 22.0 Å². The lowest BCUT2D eigenvalue weighted by molar-refractivity contribution is 0.663. The van der Waals surface area contributed by atoms with Crippen molar-refractivity contribution < 1.29 is 0 Å². The third-order valence-corrected chi connectivity index (χ3v) is 3.63. The van der Waals surface area contributed by atoms with Gasteiger partial charge in [-0.3, -0.25) is 0 Å². The van der Waals surface area contributed by atoms with Crippen LogP contribution >= 0.6 is 0 Å². The van der Waals surface area contributed by atoms with Gasteiger partial charge in [0.05, 0.1) is 0 Å². The van der Waals surface area contributed by atoms with Crippen LogP contribution in [0.25, 0.3) is 10.9 Å². The summed E-state index contributed by atoms with van der Waals surface area (Å²) < 4.78 is 0. The summed E-state index contributed by atoms with van der Waals surface area (Å²) in [5, 5.41) is 4.48. The Labute approximate surface area is 120 Å². The predicted octanol–water partition coefficient (Wildman–Crippen LogP) is 4.16. The zero-order valence-electron chi connectivity index (χ0n) is 12.0. The third kappa shape index (κ3) is 2.91. The van der Waals surface area contributed by atoms with Gasteiger partial charge in [-0.15, -0.1) is 0 Å². The normalized spacial score (nSPS) is 13.3. The van der Waals surface area contributed by atoms with Crippen molar-refractivity contribution in [2.24, 2.45) is 0 Å². The number of allylic oxidation sites excluding steroid dienone is 4. The predicted molar refractivity (Wildman–Crippen MR) is 88.1 cm³/mol. The second-order valence-electron chi connectivity index (χ2n) is 4.84. The maximum absolute atomic E-state index is 3.96. The first kappa shape index (κ1) is 14.4. The second-order valence-corrected chi connectivity index (χ2v) is 4.84. The molecule has 20 heavy (non-hydrogen) atoms. The zero-order chi connectivity index (χ0) is 14.4. The molecule has 0 aliphatic carbocycles. The number of hydrogen-bond acceptors (Lipinski definition) is 1. The Kier molecular flexibility index (Phi) is 4.97. The maximum atomic E-state index is 3.96. The minimum absolute atomic E-state index is 0.320. The topological polar surface area (TPSA) is 27.8 Å². The minimum atomic E-state index is 0.320. The Morgan fingerprint density at radius 1 is 1.35 bits per heavy atom. The second kappa shape index (κ2) is 6.92. The summed E-state index contributed by atoms with van der Waals surface area (Å²) >= 11 is 0. The molecule has 1 atom stereocenters. The summed E-state index contributed by atoms with van der Waals surface area (Å²) in [6.07, 6.45) is 8.84. The Bertz CT molecular complexity index is 619. The molecule has 0 aliphatic rings. The van der Waals surface area contributed by atoms with E-state index in [9.17, 15) is 0 Å². The number of para-hydroxylation sites is 1. The van der Waals surface area contributed by atoms with Gasteiger partial charge in [-0.2, -0.15) is 0 Å². The summed E-state index contributed by atoms with van der Waals surface area (Å²) in [7, 11) is 1.98. The third-order valence-electron chi connectivity index (χ3n) is 3.63. The molecule has 2 aromatic rings. The van der Waals surface area contributed by atoms with Crippen LogP contribution in [0.15, 0.2) is 67.4 Å². The Morgan fingerprint density at radius 2 is 2.20 bits per heavy atom. The van der Waals surface area contributed by atoms with Gasteiger partial charge in [0.1, 0.15) is 0 Å². The summed E-state index contributed by atoms with van der Waals surface area (Å²) in [5.41, 5.74) is 3.73. The SMILES string of the molecule is C=C/C=C(\C=C)C(CCNC)c1cccc2cc[nH]c12. The van der Waals surface area contributed by atoms with Crippen LogP contribution in [-0.2, 0) is 0 Å². The fourth-order valence-electron chi connectivity index (χ4n) is 2.65. The molecule has 0 amide bonds. The number of rotatable bonds is 7. The molecule has 104 valence electrons. The molecular weight excluding hydrogens is 244 g/mol. The molecule has 2 nitrogen and oxygen atoms in total. The van der Waals surface area contributed by atoms with E-state index in [2.05, 4.69) is 53.8 Å². The highest BCUT2D eigenvalue weighted by atomic mass is 14.8. The van der Waals surface area contributed by atoms with Crippen molar-refractivity contribution in [2.45, 2.75) is 12.3 Å². The molecule has 0 saturated heterocycles. The lowest BCUT2D eigenvalue weighted by Crippen LogP contribution is -2.13. The molecule has 0 radical (unpaired) electrons. The van der Waals surface area contributed by atoms with Crippen molar-refractivity contribution in [1.29, 1.82) is 0 Å². The number of aromatic amines is 1. The van der Waals surface area contributed by atoms with Crippen molar-refractivity contribution in [3.05, 3.63) is 73.0 Å². The summed E-state index contributed by atoms with van der Waals surface area (Å²) in [5.74, 6) is 0.320. The van der Waals surface area contributed by atoms with Crippen molar-refractivity contribution in [1.82, 2.24) is 10.3 Å². The number of hydrogen-bond donors (Lipinski definition) is 2. The highest BCUT2D eigenvalue weighted by Gasteiger charge is 2.17. The van der Waals surface area contributed by atoms with Gasteiger partial charge in [-0.25, -0.2) is 0 Å². The van der Waals surface area contributed by atoms with Gasteiger partial charge in [0.25, 0.3) is 0 Å². The van der Waals surface area contributed by atoms with Crippen LogP contribution in [0.5, 0.6) is 0 Å². The van der Waals surface area contributed by atoms with Crippen molar-refractivity contribution in [3.8, 4) is 0 Å². The van der Waals surface area contributed by atoms with Gasteiger partial charge in [0.2, 0.25) is 0 Å². The van der Waals surface area contributed by atoms with E-state index in [1.54, 1.807) is 0 Å². The Morgan fingerprint density at radius 3 is 2.90 bits per heavy atom. The van der Waals surface area contributed by atoms with Crippen LogP contribution in [0.3, 0.4) is 0 Å². The fraction of sp³-hybridized carbons (Fsp3) is 0.222. The maximum Gasteiger partial charge on any atom is 0.0492 e. The number of fused-ring (bicyclic) bond motifs is 1. The van der Waals surface area contributed by atoms with Gasteiger partial charge in [-0.05, 0) is 42.6 Å². The number of benzene rings is 1. The zero-order valence-corrected chi connectivity index (χ0v) is 12.0. The van der Waals surface area contributed by atoms with E-state index in [-0.39, 0.29) is 0 Å². The van der Waals surface area contributed by atoms with Crippen molar-refractivity contribution in [3.63, 3.8) is 0 Å². The molecule has 1 heterocycles. The van der Waals surface area contributed by atoms with Crippen molar-refractivity contribution in [2.75, 3.05) is 13.6 Å². The van der Waals surface area contributed by atoms with Crippen LogP contribution in [0.2, 0.25) is 0 Å². The van der Waals surface area contributed by atoms with Crippen LogP contribution < -0.4 is 5.32 Å². The van der Waals surface area contributed by atoms with Crippen LogP contribution in [0.4, 0.5) is 0 Å². The first-order chi connectivity index (χ1) is 9.81. The van der Waals surface area contributed by atoms with Gasteiger partial charge >= 0.3 is 0 Å². The average molecular weight is 266 g/mol. The average Bonchev–Trinajstić information content (AvgIpc) is 2.95. The van der Waals surface area contributed by atoms with E-state index in [4.69, 9.17) is 0 Å². The number of H-pyrrole nitrogens is 1. The Hall–Kier alpha value is -2.06. The molecule has 1 aromatic heterocycles. The molecule has 0 fully saturated rings. The molecule has 2 rings (SSSR count). The van der Waals surface area contributed by atoms with Crippen LogP contribution in [0, 0.1) is 0 Å². The summed E-state index contributed by atoms with van der Waals surface area (Å²) in [6, 6.07) is 8.56. The molecule has 0 bridgehead atoms. The first-order valence-electron chi connectivity index (χ1n) is 6.97. The number of nitrogens with one attached hydrogen (secondary N) is 2. The molecular formula is C18H22N2.